The van der Waals surface area contributed by atoms with Crippen LogP contribution in [-0.2, 0) is 14.3 Å². The average Bonchev–Trinajstić information content (AvgIpc) is 2.16. The summed E-state index contributed by atoms with van der Waals surface area (Å²) in [7, 11) is 0. The Morgan fingerprint density at radius 2 is 1.54 bits per heavy atom. The molecule has 0 aliphatic rings. The van der Waals surface area contributed by atoms with E-state index in [1.807, 2.05) is 13.8 Å². The molecular weight excluding hydrogens is 168 g/mol. The van der Waals surface area contributed by atoms with E-state index in [1.165, 1.54) is 0 Å². The van der Waals surface area contributed by atoms with Crippen LogP contribution in [-0.4, -0.2) is 32.7 Å². The van der Waals surface area contributed by atoms with Crippen LogP contribution in [0.25, 0.3) is 0 Å². The van der Waals surface area contributed by atoms with Crippen LogP contribution in [0.15, 0.2) is 0 Å². The van der Waals surface area contributed by atoms with Crippen molar-refractivity contribution >= 4 is 6.29 Å². The highest BCUT2D eigenvalue weighted by molar-refractivity contribution is 5.53. The summed E-state index contributed by atoms with van der Waals surface area (Å²) < 4.78 is 10.3. The van der Waals surface area contributed by atoms with Gasteiger partial charge in [0.15, 0.2) is 0 Å². The van der Waals surface area contributed by atoms with Crippen LogP contribution >= 0.6 is 0 Å². The van der Waals surface area contributed by atoms with Gasteiger partial charge in [0.25, 0.3) is 0 Å². The molecule has 0 atom stereocenters. The van der Waals surface area contributed by atoms with Gasteiger partial charge in [0.1, 0.15) is 6.29 Å². The maximum Gasteiger partial charge on any atom is 0.123 e. The second kappa shape index (κ2) is 9.68. The zero-order valence-electron chi connectivity index (χ0n) is 8.62. The van der Waals surface area contributed by atoms with Crippen molar-refractivity contribution in [2.75, 3.05) is 26.4 Å². The Bertz CT molecular complexity index is 105. The van der Waals surface area contributed by atoms with Gasteiger partial charge >= 0.3 is 0 Å². The van der Waals surface area contributed by atoms with Crippen LogP contribution in [0.1, 0.15) is 26.7 Å². The largest absolute Gasteiger partial charge is 0.382 e. The molecule has 0 N–H and O–H groups in total. The fourth-order valence-corrected chi connectivity index (χ4v) is 1.04. The van der Waals surface area contributed by atoms with Gasteiger partial charge in [-0.3, -0.25) is 0 Å². The third-order valence-electron chi connectivity index (χ3n) is 1.87. The molecule has 0 fully saturated rings. The Balaban J connectivity index is 3.34. The molecule has 0 unspecified atom stereocenters. The van der Waals surface area contributed by atoms with Crippen LogP contribution in [0.3, 0.4) is 0 Å². The fourth-order valence-electron chi connectivity index (χ4n) is 1.04. The van der Waals surface area contributed by atoms with E-state index < -0.39 is 0 Å². The zero-order valence-corrected chi connectivity index (χ0v) is 8.62. The predicted molar refractivity (Wildman–Crippen MR) is 51.8 cm³/mol. The molecule has 0 aromatic carbocycles. The number of hydrogen-bond donors (Lipinski definition) is 0. The van der Waals surface area contributed by atoms with Crippen LogP contribution in [0, 0.1) is 5.92 Å². The molecule has 0 bridgehead atoms. The van der Waals surface area contributed by atoms with Gasteiger partial charge in [-0.05, 0) is 26.7 Å². The minimum absolute atomic E-state index is 0.0955. The van der Waals surface area contributed by atoms with E-state index in [0.717, 1.165) is 32.3 Å². The fraction of sp³-hybridized carbons (Fsp3) is 0.900. The van der Waals surface area contributed by atoms with Gasteiger partial charge in [0, 0.05) is 32.3 Å². The summed E-state index contributed by atoms with van der Waals surface area (Å²) >= 11 is 0. The van der Waals surface area contributed by atoms with E-state index in [2.05, 4.69) is 0 Å². The smallest absolute Gasteiger partial charge is 0.123 e. The molecule has 0 aromatic rings. The zero-order chi connectivity index (χ0) is 9.94. The maximum absolute atomic E-state index is 10.6. The highest BCUT2D eigenvalue weighted by Gasteiger charge is 2.06. The lowest BCUT2D eigenvalue weighted by molar-refractivity contribution is -0.112. The summed E-state index contributed by atoms with van der Waals surface area (Å²) in [6, 6.07) is 0. The average molecular weight is 188 g/mol. The molecule has 0 aliphatic heterocycles. The van der Waals surface area contributed by atoms with E-state index in [-0.39, 0.29) is 5.92 Å². The predicted octanol–water partition coefficient (Wildman–Crippen LogP) is 1.65. The lowest BCUT2D eigenvalue weighted by atomic mass is 10.0. The van der Waals surface area contributed by atoms with Gasteiger partial charge in [0.05, 0.1) is 0 Å². The van der Waals surface area contributed by atoms with Crippen molar-refractivity contribution in [3.63, 3.8) is 0 Å². The van der Waals surface area contributed by atoms with Crippen molar-refractivity contribution in [3.05, 3.63) is 0 Å². The van der Waals surface area contributed by atoms with Crippen molar-refractivity contribution in [2.24, 2.45) is 5.92 Å². The number of hydrogen-bond acceptors (Lipinski definition) is 3. The van der Waals surface area contributed by atoms with Gasteiger partial charge in [-0.15, -0.1) is 0 Å². The molecule has 0 rings (SSSR count). The lowest BCUT2D eigenvalue weighted by Crippen LogP contribution is -2.10. The van der Waals surface area contributed by atoms with Crippen LogP contribution < -0.4 is 0 Å². The van der Waals surface area contributed by atoms with Gasteiger partial charge in [-0.25, -0.2) is 0 Å². The third kappa shape index (κ3) is 7.94. The molecule has 3 nitrogen and oxygen atoms in total. The number of carbonyl (C=O) groups excluding carboxylic acids is 1. The Labute approximate surface area is 80.4 Å². The number of aldehydes is 1. The normalized spacial score (nSPS) is 10.7. The minimum atomic E-state index is 0.0955. The van der Waals surface area contributed by atoms with Crippen LogP contribution in [0.4, 0.5) is 0 Å². The van der Waals surface area contributed by atoms with Crippen LogP contribution in [0.2, 0.25) is 0 Å². The summed E-state index contributed by atoms with van der Waals surface area (Å²) in [5, 5.41) is 0. The molecule has 0 heterocycles. The lowest BCUT2D eigenvalue weighted by Gasteiger charge is -2.09. The van der Waals surface area contributed by atoms with Gasteiger partial charge < -0.3 is 14.3 Å². The van der Waals surface area contributed by atoms with E-state index in [9.17, 15) is 4.79 Å². The first-order valence-corrected chi connectivity index (χ1v) is 4.95. The van der Waals surface area contributed by atoms with Crippen molar-refractivity contribution in [2.45, 2.75) is 26.7 Å². The summed E-state index contributed by atoms with van der Waals surface area (Å²) in [5.41, 5.74) is 0. The Morgan fingerprint density at radius 1 is 1.08 bits per heavy atom. The van der Waals surface area contributed by atoms with E-state index in [4.69, 9.17) is 9.47 Å². The first kappa shape index (κ1) is 12.6. The molecule has 0 saturated carbocycles. The number of carbonyl (C=O) groups is 1. The van der Waals surface area contributed by atoms with Crippen molar-refractivity contribution in [1.82, 2.24) is 0 Å². The van der Waals surface area contributed by atoms with E-state index >= 15 is 0 Å². The van der Waals surface area contributed by atoms with Gasteiger partial charge in [0.2, 0.25) is 0 Å². The molecule has 0 aromatic heterocycles. The summed E-state index contributed by atoms with van der Waals surface area (Å²) in [4.78, 5) is 10.6. The Kier molecular flexibility index (Phi) is 9.37. The molecule has 0 spiro atoms. The highest BCUT2D eigenvalue weighted by Crippen LogP contribution is 2.05. The molecule has 0 saturated heterocycles. The van der Waals surface area contributed by atoms with E-state index in [1.54, 1.807) is 0 Å². The first-order valence-electron chi connectivity index (χ1n) is 4.95. The molecule has 78 valence electrons. The van der Waals surface area contributed by atoms with Gasteiger partial charge in [-0.2, -0.15) is 0 Å². The molecule has 0 radical (unpaired) electrons. The molecule has 0 aliphatic carbocycles. The Morgan fingerprint density at radius 3 is 1.85 bits per heavy atom. The maximum atomic E-state index is 10.6. The quantitative estimate of drug-likeness (QED) is 0.408. The van der Waals surface area contributed by atoms with E-state index in [0.29, 0.717) is 13.2 Å². The second-order valence-corrected chi connectivity index (χ2v) is 2.87. The highest BCUT2D eigenvalue weighted by atomic mass is 16.5. The summed E-state index contributed by atoms with van der Waals surface area (Å²) in [5.74, 6) is 0.0955. The topological polar surface area (TPSA) is 35.5 Å². The molecule has 3 heteroatoms. The molecular formula is C10H20O3. The monoisotopic (exact) mass is 188 g/mol. The second-order valence-electron chi connectivity index (χ2n) is 2.87. The number of rotatable bonds is 9. The van der Waals surface area contributed by atoms with Crippen molar-refractivity contribution in [1.29, 1.82) is 0 Å². The third-order valence-corrected chi connectivity index (χ3v) is 1.87. The number of ether oxygens (including phenoxy) is 2. The van der Waals surface area contributed by atoms with Crippen molar-refractivity contribution in [3.8, 4) is 0 Å². The standard InChI is InChI=1S/C10H20O3/c1-3-12-7-5-10(9-11)6-8-13-4-2/h9-10H,3-8H2,1-2H3. The molecule has 13 heavy (non-hydrogen) atoms. The van der Waals surface area contributed by atoms with Crippen molar-refractivity contribution < 1.29 is 14.3 Å². The SMILES string of the molecule is CCOCCC(C=O)CCOCC. The first-order chi connectivity index (χ1) is 6.35. The van der Waals surface area contributed by atoms with Crippen LogP contribution in [0.5, 0.6) is 0 Å². The summed E-state index contributed by atoms with van der Waals surface area (Å²) in [6.45, 7) is 6.69. The Hall–Kier alpha value is -0.410. The van der Waals surface area contributed by atoms with Gasteiger partial charge in [-0.1, -0.05) is 0 Å². The minimum Gasteiger partial charge on any atom is -0.382 e. The summed E-state index contributed by atoms with van der Waals surface area (Å²) in [6.07, 6.45) is 2.62. The molecule has 0 amide bonds.